The summed E-state index contributed by atoms with van der Waals surface area (Å²) in [5, 5.41) is 0. The van der Waals surface area contributed by atoms with Crippen LogP contribution in [0.2, 0.25) is 0 Å². The number of ether oxygens (including phenoxy) is 1. The van der Waals surface area contributed by atoms with Crippen molar-refractivity contribution >= 4 is 29.0 Å². The second-order valence-corrected chi connectivity index (χ2v) is 11.0. The SMILES string of the molecule is C=CC(=O)N1CCN(c2nc(OC[C@@H]3CCCN3C)nc3c2CN(c2cccc4c2N(C)C(=O)CC4)C3)CC1. The predicted octanol–water partition coefficient (Wildman–Crippen LogP) is 2.21. The van der Waals surface area contributed by atoms with Gasteiger partial charge < -0.3 is 29.2 Å². The summed E-state index contributed by atoms with van der Waals surface area (Å²) >= 11 is 0. The van der Waals surface area contributed by atoms with Gasteiger partial charge in [0.25, 0.3) is 0 Å². The van der Waals surface area contributed by atoms with Gasteiger partial charge in [-0.3, -0.25) is 9.59 Å². The number of anilines is 3. The summed E-state index contributed by atoms with van der Waals surface area (Å²) in [7, 11) is 4.01. The highest BCUT2D eigenvalue weighted by molar-refractivity contribution is 5.99. The van der Waals surface area contributed by atoms with E-state index in [1.807, 2.05) is 11.9 Å². The minimum atomic E-state index is -0.0361. The van der Waals surface area contributed by atoms with Gasteiger partial charge in [0.05, 0.1) is 23.6 Å². The zero-order chi connectivity index (χ0) is 27.1. The summed E-state index contributed by atoms with van der Waals surface area (Å²) in [5.74, 6) is 0.995. The molecule has 1 aromatic carbocycles. The summed E-state index contributed by atoms with van der Waals surface area (Å²) in [6.45, 7) is 9.18. The number of carbonyl (C=O) groups excluding carboxylic acids is 2. The number of nitrogens with zero attached hydrogens (tertiary/aromatic N) is 7. The zero-order valence-corrected chi connectivity index (χ0v) is 22.9. The average Bonchev–Trinajstić information content (AvgIpc) is 3.58. The van der Waals surface area contributed by atoms with Gasteiger partial charge in [-0.15, -0.1) is 0 Å². The fraction of sp³-hybridized carbons (Fsp3) is 0.517. The molecule has 0 saturated carbocycles. The molecule has 5 heterocycles. The summed E-state index contributed by atoms with van der Waals surface area (Å²) in [6.07, 6.45) is 4.98. The van der Waals surface area contributed by atoms with Crippen molar-refractivity contribution in [2.24, 2.45) is 0 Å². The van der Waals surface area contributed by atoms with E-state index >= 15 is 0 Å². The fourth-order valence-corrected chi connectivity index (χ4v) is 6.30. The average molecular weight is 532 g/mol. The minimum Gasteiger partial charge on any atom is -0.462 e. The van der Waals surface area contributed by atoms with Crippen LogP contribution in [0.5, 0.6) is 6.01 Å². The van der Waals surface area contributed by atoms with Crippen molar-refractivity contribution in [2.75, 3.05) is 68.1 Å². The molecule has 0 aliphatic carbocycles. The van der Waals surface area contributed by atoms with E-state index in [9.17, 15) is 9.59 Å². The normalized spacial score (nSPS) is 21.3. The second kappa shape index (κ2) is 10.5. The van der Waals surface area contributed by atoms with Crippen molar-refractivity contribution in [3.63, 3.8) is 0 Å². The number of likely N-dealkylation sites (tertiary alicyclic amines) is 1. The van der Waals surface area contributed by atoms with Crippen LogP contribution >= 0.6 is 0 Å². The Morgan fingerprint density at radius 2 is 1.90 bits per heavy atom. The van der Waals surface area contributed by atoms with Gasteiger partial charge in [-0.2, -0.15) is 9.97 Å². The molecule has 0 spiro atoms. The molecule has 1 atom stereocenters. The van der Waals surface area contributed by atoms with Crippen molar-refractivity contribution < 1.29 is 14.3 Å². The van der Waals surface area contributed by atoms with Gasteiger partial charge in [-0.1, -0.05) is 18.7 Å². The Morgan fingerprint density at radius 1 is 1.08 bits per heavy atom. The number of para-hydroxylation sites is 1. The molecule has 2 fully saturated rings. The zero-order valence-electron chi connectivity index (χ0n) is 22.9. The van der Waals surface area contributed by atoms with Gasteiger partial charge in [0.15, 0.2) is 0 Å². The Labute approximate surface area is 229 Å². The van der Waals surface area contributed by atoms with Crippen molar-refractivity contribution in [3.8, 4) is 6.01 Å². The first kappa shape index (κ1) is 25.6. The van der Waals surface area contributed by atoms with Gasteiger partial charge in [-0.25, -0.2) is 0 Å². The number of benzene rings is 1. The number of amides is 2. The Kier molecular flexibility index (Phi) is 6.88. The third-order valence-corrected chi connectivity index (χ3v) is 8.64. The molecular formula is C29H37N7O3. The molecule has 10 heteroatoms. The number of likely N-dealkylation sites (N-methyl/N-ethyl adjacent to an activating group) is 1. The van der Waals surface area contributed by atoms with Crippen molar-refractivity contribution in [1.29, 1.82) is 0 Å². The van der Waals surface area contributed by atoms with E-state index in [2.05, 4.69) is 46.5 Å². The molecule has 2 saturated heterocycles. The molecular weight excluding hydrogens is 494 g/mol. The van der Waals surface area contributed by atoms with Gasteiger partial charge >= 0.3 is 6.01 Å². The monoisotopic (exact) mass is 531 g/mol. The molecule has 2 amide bonds. The van der Waals surface area contributed by atoms with Crippen LogP contribution in [0.25, 0.3) is 0 Å². The highest BCUT2D eigenvalue weighted by atomic mass is 16.5. The lowest BCUT2D eigenvalue weighted by molar-refractivity contribution is -0.126. The third-order valence-electron chi connectivity index (χ3n) is 8.64. The summed E-state index contributed by atoms with van der Waals surface area (Å²) in [6, 6.07) is 7.08. The van der Waals surface area contributed by atoms with Crippen LogP contribution in [0.3, 0.4) is 0 Å². The summed E-state index contributed by atoms with van der Waals surface area (Å²) in [5.41, 5.74) is 5.29. The molecule has 0 radical (unpaired) electrons. The lowest BCUT2D eigenvalue weighted by Gasteiger charge is -2.35. The number of hydrogen-bond donors (Lipinski definition) is 0. The van der Waals surface area contributed by atoms with Crippen LogP contribution in [-0.4, -0.2) is 91.0 Å². The summed E-state index contributed by atoms with van der Waals surface area (Å²) in [4.78, 5) is 45.1. The number of carbonyl (C=O) groups is 2. The molecule has 39 heavy (non-hydrogen) atoms. The topological polar surface area (TPSA) is 85.3 Å². The molecule has 10 nitrogen and oxygen atoms in total. The van der Waals surface area contributed by atoms with E-state index < -0.39 is 0 Å². The van der Waals surface area contributed by atoms with Crippen LogP contribution in [0, 0.1) is 0 Å². The molecule has 206 valence electrons. The molecule has 4 aliphatic heterocycles. The maximum absolute atomic E-state index is 12.6. The van der Waals surface area contributed by atoms with Crippen LogP contribution < -0.4 is 19.4 Å². The van der Waals surface area contributed by atoms with E-state index in [1.54, 1.807) is 4.90 Å². The predicted molar refractivity (Wildman–Crippen MR) is 150 cm³/mol. The van der Waals surface area contributed by atoms with E-state index in [1.165, 1.54) is 18.1 Å². The van der Waals surface area contributed by atoms with E-state index in [0.717, 1.165) is 47.8 Å². The maximum atomic E-state index is 12.6. The smallest absolute Gasteiger partial charge is 0.318 e. The van der Waals surface area contributed by atoms with Crippen LogP contribution in [0.1, 0.15) is 36.1 Å². The second-order valence-electron chi connectivity index (χ2n) is 11.0. The van der Waals surface area contributed by atoms with Crippen molar-refractivity contribution in [2.45, 2.75) is 44.8 Å². The molecule has 6 rings (SSSR count). The summed E-state index contributed by atoms with van der Waals surface area (Å²) < 4.78 is 6.22. The first-order chi connectivity index (χ1) is 18.9. The third kappa shape index (κ3) is 4.82. The van der Waals surface area contributed by atoms with Gasteiger partial charge in [0.2, 0.25) is 11.8 Å². The Hall–Kier alpha value is -3.66. The fourth-order valence-electron chi connectivity index (χ4n) is 6.30. The lowest BCUT2D eigenvalue weighted by Crippen LogP contribution is -2.48. The van der Waals surface area contributed by atoms with Crippen molar-refractivity contribution in [3.05, 3.63) is 47.7 Å². The maximum Gasteiger partial charge on any atom is 0.318 e. The van der Waals surface area contributed by atoms with Gasteiger partial charge in [0.1, 0.15) is 12.4 Å². The van der Waals surface area contributed by atoms with E-state index in [-0.39, 0.29) is 11.8 Å². The molecule has 4 aliphatic rings. The molecule has 0 N–H and O–H groups in total. The largest absolute Gasteiger partial charge is 0.462 e. The van der Waals surface area contributed by atoms with Gasteiger partial charge in [0, 0.05) is 57.8 Å². The van der Waals surface area contributed by atoms with E-state index in [4.69, 9.17) is 14.7 Å². The molecule has 0 unspecified atom stereocenters. The Balaban J connectivity index is 1.30. The Morgan fingerprint density at radius 3 is 2.64 bits per heavy atom. The highest BCUT2D eigenvalue weighted by Crippen LogP contribution is 2.41. The van der Waals surface area contributed by atoms with Crippen LogP contribution in [0.15, 0.2) is 30.9 Å². The van der Waals surface area contributed by atoms with Crippen molar-refractivity contribution in [1.82, 2.24) is 19.8 Å². The minimum absolute atomic E-state index is 0.0361. The molecule has 1 aromatic heterocycles. The molecule has 0 bridgehead atoms. The number of fused-ring (bicyclic) bond motifs is 2. The number of piperazine rings is 1. The number of hydrogen-bond acceptors (Lipinski definition) is 8. The first-order valence-electron chi connectivity index (χ1n) is 14.0. The number of aryl methyl sites for hydroxylation is 1. The highest BCUT2D eigenvalue weighted by Gasteiger charge is 2.33. The first-order valence-corrected chi connectivity index (χ1v) is 14.0. The quantitative estimate of drug-likeness (QED) is 0.525. The van der Waals surface area contributed by atoms with Gasteiger partial charge in [-0.05, 0) is 50.6 Å². The lowest BCUT2D eigenvalue weighted by atomic mass is 10.00. The van der Waals surface area contributed by atoms with Crippen LogP contribution in [0.4, 0.5) is 17.2 Å². The number of rotatable bonds is 6. The van der Waals surface area contributed by atoms with Crippen LogP contribution in [-0.2, 0) is 29.1 Å². The Bertz CT molecular complexity index is 1290. The standard InChI is InChI=1S/C29H37N7O3/c1-4-25(37)34-13-15-35(16-14-34)28-22-17-36(24-9-5-7-20-10-11-26(38)33(3)27(20)24)18-23(22)30-29(31-28)39-19-21-8-6-12-32(21)2/h4-5,7,9,21H,1,6,8,10-19H2,2-3H3/t21-/m0/s1. The number of aromatic nitrogens is 2. The molecule has 2 aromatic rings. The van der Waals surface area contributed by atoms with E-state index in [0.29, 0.717) is 64.3 Å².